The molecule has 0 saturated carbocycles. The lowest BCUT2D eigenvalue weighted by molar-refractivity contribution is -0.121. The van der Waals surface area contributed by atoms with Crippen molar-refractivity contribution in [1.82, 2.24) is 20.0 Å². The highest BCUT2D eigenvalue weighted by molar-refractivity contribution is 5.85. The first-order valence-electron chi connectivity index (χ1n) is 9.28. The highest BCUT2D eigenvalue weighted by Gasteiger charge is 2.29. The van der Waals surface area contributed by atoms with Gasteiger partial charge < -0.3 is 19.9 Å². The second-order valence-electron chi connectivity index (χ2n) is 6.92. The fourth-order valence-corrected chi connectivity index (χ4v) is 3.36. The second kappa shape index (κ2) is 9.00. The molecule has 26 heavy (non-hydrogen) atoms. The maximum absolute atomic E-state index is 12.5. The molecule has 0 atom stereocenters. The van der Waals surface area contributed by atoms with Crippen LogP contribution in [0.4, 0.5) is 4.79 Å². The van der Waals surface area contributed by atoms with Crippen molar-refractivity contribution >= 4 is 11.9 Å². The van der Waals surface area contributed by atoms with E-state index in [1.807, 2.05) is 25.1 Å². The first-order valence-corrected chi connectivity index (χ1v) is 9.28. The fraction of sp³-hybridized carbons (Fsp3) is 0.579. The third kappa shape index (κ3) is 5.19. The molecule has 0 aromatic heterocycles. The number of carbonyl (C=O) groups is 2. The smallest absolute Gasteiger partial charge is 0.320 e. The molecule has 2 fully saturated rings. The van der Waals surface area contributed by atoms with Crippen LogP contribution >= 0.6 is 0 Å². The summed E-state index contributed by atoms with van der Waals surface area (Å²) in [4.78, 5) is 30.3. The van der Waals surface area contributed by atoms with Gasteiger partial charge in [-0.05, 0) is 12.5 Å². The zero-order valence-corrected chi connectivity index (χ0v) is 15.4. The summed E-state index contributed by atoms with van der Waals surface area (Å²) in [6.45, 7) is 8.79. The van der Waals surface area contributed by atoms with E-state index in [1.54, 1.807) is 9.80 Å². The maximum atomic E-state index is 12.5. The second-order valence-corrected chi connectivity index (χ2v) is 6.92. The number of nitrogens with zero attached hydrogens (tertiary/aromatic N) is 3. The average molecular weight is 360 g/mol. The fourth-order valence-electron chi connectivity index (χ4n) is 3.36. The molecule has 3 amide bonds. The number of ether oxygens (including phenoxy) is 1. The van der Waals surface area contributed by atoms with Crippen molar-refractivity contribution in [2.75, 3.05) is 59.0 Å². The zero-order chi connectivity index (χ0) is 18.4. The van der Waals surface area contributed by atoms with Crippen molar-refractivity contribution in [3.8, 4) is 0 Å². The number of carbonyl (C=O) groups excluding carboxylic acids is 2. The van der Waals surface area contributed by atoms with Crippen LogP contribution in [-0.2, 0) is 16.1 Å². The normalized spacial score (nSPS) is 18.4. The molecule has 1 aromatic rings. The molecule has 1 aromatic carbocycles. The molecule has 7 heteroatoms. The highest BCUT2D eigenvalue weighted by atomic mass is 16.5. The lowest BCUT2D eigenvalue weighted by atomic mass is 10.1. The van der Waals surface area contributed by atoms with E-state index in [0.29, 0.717) is 26.2 Å². The monoisotopic (exact) mass is 360 g/mol. The molecular formula is C19H28N4O3. The van der Waals surface area contributed by atoms with E-state index in [1.165, 1.54) is 5.56 Å². The summed E-state index contributed by atoms with van der Waals surface area (Å²) in [6.07, 6.45) is 0. The van der Waals surface area contributed by atoms with Crippen molar-refractivity contribution in [2.45, 2.75) is 13.5 Å². The van der Waals surface area contributed by atoms with Crippen molar-refractivity contribution < 1.29 is 14.3 Å². The van der Waals surface area contributed by atoms with E-state index in [4.69, 9.17) is 4.74 Å². The molecule has 2 aliphatic heterocycles. The highest BCUT2D eigenvalue weighted by Crippen LogP contribution is 2.14. The number of morpholine rings is 1. The van der Waals surface area contributed by atoms with Crippen LogP contribution in [0.1, 0.15) is 11.1 Å². The van der Waals surface area contributed by atoms with Gasteiger partial charge in [-0.15, -0.1) is 0 Å². The molecule has 0 unspecified atom stereocenters. The molecule has 2 heterocycles. The van der Waals surface area contributed by atoms with Gasteiger partial charge in [-0.25, -0.2) is 4.79 Å². The Morgan fingerprint density at radius 3 is 2.69 bits per heavy atom. The maximum Gasteiger partial charge on any atom is 0.320 e. The van der Waals surface area contributed by atoms with E-state index in [2.05, 4.69) is 16.3 Å². The van der Waals surface area contributed by atoms with Gasteiger partial charge in [0.2, 0.25) is 5.91 Å². The van der Waals surface area contributed by atoms with Crippen LogP contribution in [0.5, 0.6) is 0 Å². The zero-order valence-electron chi connectivity index (χ0n) is 15.4. The van der Waals surface area contributed by atoms with Crippen molar-refractivity contribution in [3.05, 3.63) is 35.4 Å². The van der Waals surface area contributed by atoms with Gasteiger partial charge >= 0.3 is 6.03 Å². The molecule has 3 rings (SSSR count). The summed E-state index contributed by atoms with van der Waals surface area (Å²) in [5.74, 6) is -0.0935. The minimum atomic E-state index is -0.0935. The topological polar surface area (TPSA) is 65.1 Å². The quantitative estimate of drug-likeness (QED) is 0.777. The number of benzene rings is 1. The Morgan fingerprint density at radius 1 is 1.15 bits per heavy atom. The van der Waals surface area contributed by atoms with E-state index < -0.39 is 0 Å². The Morgan fingerprint density at radius 2 is 1.92 bits per heavy atom. The largest absolute Gasteiger partial charge is 0.379 e. The van der Waals surface area contributed by atoms with Crippen molar-refractivity contribution in [1.29, 1.82) is 0 Å². The molecule has 142 valence electrons. The van der Waals surface area contributed by atoms with Crippen LogP contribution in [0.25, 0.3) is 0 Å². The van der Waals surface area contributed by atoms with Gasteiger partial charge in [0.05, 0.1) is 13.2 Å². The molecule has 7 nitrogen and oxygen atoms in total. The number of amides is 3. The third-order valence-electron chi connectivity index (χ3n) is 4.83. The van der Waals surface area contributed by atoms with E-state index >= 15 is 0 Å². The molecular weight excluding hydrogens is 332 g/mol. The number of nitrogens with one attached hydrogen (secondary N) is 1. The van der Waals surface area contributed by atoms with E-state index in [0.717, 1.165) is 38.4 Å². The van der Waals surface area contributed by atoms with Gasteiger partial charge in [-0.1, -0.05) is 29.8 Å². The summed E-state index contributed by atoms with van der Waals surface area (Å²) in [7, 11) is 0. The molecule has 0 aliphatic carbocycles. The SMILES string of the molecule is Cc1cccc(CN2CCN(CC(=O)NCCN3CCOCC3)C2=O)c1. The van der Waals surface area contributed by atoms with Crippen molar-refractivity contribution in [3.63, 3.8) is 0 Å². The van der Waals surface area contributed by atoms with E-state index in [-0.39, 0.29) is 18.5 Å². The molecule has 0 spiro atoms. The third-order valence-corrected chi connectivity index (χ3v) is 4.83. The summed E-state index contributed by atoms with van der Waals surface area (Å²) in [6, 6.07) is 8.11. The predicted octanol–water partition coefficient (Wildman–Crippen LogP) is 0.681. The first kappa shape index (κ1) is 18.7. The summed E-state index contributed by atoms with van der Waals surface area (Å²) in [5, 5.41) is 2.92. The van der Waals surface area contributed by atoms with Gasteiger partial charge in [0.25, 0.3) is 0 Å². The van der Waals surface area contributed by atoms with Crippen LogP contribution in [0.2, 0.25) is 0 Å². The molecule has 1 N–H and O–H groups in total. The van der Waals surface area contributed by atoms with Crippen LogP contribution in [-0.4, -0.2) is 85.7 Å². The Kier molecular flexibility index (Phi) is 6.46. The molecule has 2 aliphatic rings. The molecule has 2 saturated heterocycles. The number of hydrogen-bond donors (Lipinski definition) is 1. The van der Waals surface area contributed by atoms with Gasteiger partial charge in [-0.3, -0.25) is 9.69 Å². The number of urea groups is 1. The lowest BCUT2D eigenvalue weighted by Gasteiger charge is -2.26. The van der Waals surface area contributed by atoms with Gasteiger partial charge in [0, 0.05) is 45.8 Å². The Hall–Kier alpha value is -2.12. The molecule has 0 radical (unpaired) electrons. The summed E-state index contributed by atoms with van der Waals surface area (Å²) < 4.78 is 5.31. The Balaban J connectivity index is 1.39. The minimum Gasteiger partial charge on any atom is -0.379 e. The van der Waals surface area contributed by atoms with E-state index in [9.17, 15) is 9.59 Å². The predicted molar refractivity (Wildman–Crippen MR) is 98.8 cm³/mol. The van der Waals surface area contributed by atoms with Crippen LogP contribution < -0.4 is 5.32 Å². The van der Waals surface area contributed by atoms with Crippen LogP contribution in [0.3, 0.4) is 0 Å². The lowest BCUT2D eigenvalue weighted by Crippen LogP contribution is -2.44. The Bertz CT molecular complexity index is 631. The van der Waals surface area contributed by atoms with Crippen molar-refractivity contribution in [2.24, 2.45) is 0 Å². The van der Waals surface area contributed by atoms with Gasteiger partial charge in [-0.2, -0.15) is 0 Å². The Labute approximate surface area is 154 Å². The van der Waals surface area contributed by atoms with Crippen LogP contribution in [0, 0.1) is 6.92 Å². The standard InChI is InChI=1S/C19H28N4O3/c1-16-3-2-4-17(13-16)14-22-7-8-23(19(22)25)15-18(24)20-5-6-21-9-11-26-12-10-21/h2-4,13H,5-12,14-15H2,1H3,(H,20,24). The summed E-state index contributed by atoms with van der Waals surface area (Å²) >= 11 is 0. The minimum absolute atomic E-state index is 0.0603. The summed E-state index contributed by atoms with van der Waals surface area (Å²) in [5.41, 5.74) is 2.31. The molecule has 0 bridgehead atoms. The number of aryl methyl sites for hydroxylation is 1. The van der Waals surface area contributed by atoms with Gasteiger partial charge in [0.1, 0.15) is 6.54 Å². The van der Waals surface area contributed by atoms with Gasteiger partial charge in [0.15, 0.2) is 0 Å². The number of hydrogen-bond acceptors (Lipinski definition) is 4. The number of rotatable bonds is 7. The average Bonchev–Trinajstić information content (AvgIpc) is 2.96. The first-order chi connectivity index (χ1) is 12.6. The van der Waals surface area contributed by atoms with Crippen LogP contribution in [0.15, 0.2) is 24.3 Å².